The molecule has 2 rings (SSSR count). The summed E-state index contributed by atoms with van der Waals surface area (Å²) in [5.41, 5.74) is 8.42. The lowest BCUT2D eigenvalue weighted by atomic mass is 9.86. The van der Waals surface area contributed by atoms with Gasteiger partial charge in [0.1, 0.15) is 0 Å². The summed E-state index contributed by atoms with van der Waals surface area (Å²) in [6.45, 7) is 14.5. The first-order chi connectivity index (χ1) is 7.45. The highest BCUT2D eigenvalue weighted by atomic mass is 16.6. The minimum absolute atomic E-state index is 0.657. The van der Waals surface area contributed by atoms with Gasteiger partial charge in [-0.05, 0) is 56.9 Å². The number of nitrogens with zero attached hydrogens (tertiary/aromatic N) is 1. The first-order valence-corrected chi connectivity index (χ1v) is 5.46. The van der Waals surface area contributed by atoms with Crippen LogP contribution in [0.15, 0.2) is 11.7 Å². The second kappa shape index (κ2) is 3.48. The summed E-state index contributed by atoms with van der Waals surface area (Å²) in [4.78, 5) is 5.24. The van der Waals surface area contributed by atoms with E-state index >= 15 is 0 Å². The van der Waals surface area contributed by atoms with E-state index in [9.17, 15) is 0 Å². The van der Waals surface area contributed by atoms with Crippen molar-refractivity contribution in [1.82, 2.24) is 0 Å². The number of hydrogen-bond acceptors (Lipinski definition) is 2. The van der Waals surface area contributed by atoms with E-state index < -0.39 is 0 Å². The molecule has 0 unspecified atom stereocenters. The van der Waals surface area contributed by atoms with Gasteiger partial charge in [0, 0.05) is 11.1 Å². The normalized spacial score (nSPS) is 14.3. The highest BCUT2D eigenvalue weighted by Crippen LogP contribution is 2.34. The van der Waals surface area contributed by atoms with Crippen molar-refractivity contribution in [3.8, 4) is 0 Å². The molecule has 0 saturated heterocycles. The van der Waals surface area contributed by atoms with Crippen molar-refractivity contribution in [2.45, 2.75) is 34.6 Å². The molecule has 0 aromatic heterocycles. The van der Waals surface area contributed by atoms with Crippen molar-refractivity contribution >= 4 is 11.5 Å². The standard InChI is InChI=1S/C14H17NO/c1-7-8(2)10(4)14-12(6)16-15-11(5)13(14)9(7)3/h6H2,1-5H3. The van der Waals surface area contributed by atoms with Gasteiger partial charge in [-0.1, -0.05) is 11.7 Å². The van der Waals surface area contributed by atoms with Gasteiger partial charge in [0.15, 0.2) is 5.76 Å². The third-order valence-corrected chi connectivity index (χ3v) is 3.62. The fraction of sp³-hybridized carbons (Fsp3) is 0.357. The minimum atomic E-state index is 0.657. The average molecular weight is 215 g/mol. The van der Waals surface area contributed by atoms with Crippen LogP contribution in [-0.2, 0) is 4.84 Å². The number of rotatable bonds is 0. The van der Waals surface area contributed by atoms with Crippen LogP contribution in [-0.4, -0.2) is 5.71 Å². The molecule has 0 radical (unpaired) electrons. The predicted octanol–water partition coefficient (Wildman–Crippen LogP) is 3.65. The maximum absolute atomic E-state index is 5.24. The zero-order valence-electron chi connectivity index (χ0n) is 10.6. The zero-order chi connectivity index (χ0) is 12.0. The molecule has 1 heterocycles. The first-order valence-electron chi connectivity index (χ1n) is 5.46. The molecular formula is C14H17NO. The van der Waals surface area contributed by atoms with Crippen LogP contribution in [0.3, 0.4) is 0 Å². The molecule has 0 atom stereocenters. The molecule has 1 aliphatic heterocycles. The molecule has 0 amide bonds. The summed E-state index contributed by atoms with van der Waals surface area (Å²) in [5.74, 6) is 0.657. The van der Waals surface area contributed by atoms with E-state index in [1.54, 1.807) is 0 Å². The van der Waals surface area contributed by atoms with Gasteiger partial charge in [-0.2, -0.15) is 0 Å². The van der Waals surface area contributed by atoms with Gasteiger partial charge >= 0.3 is 0 Å². The van der Waals surface area contributed by atoms with Crippen LogP contribution in [0.5, 0.6) is 0 Å². The van der Waals surface area contributed by atoms with E-state index in [-0.39, 0.29) is 0 Å². The molecule has 1 aliphatic rings. The molecule has 84 valence electrons. The smallest absolute Gasteiger partial charge is 0.158 e. The highest BCUT2D eigenvalue weighted by Gasteiger charge is 2.23. The van der Waals surface area contributed by atoms with Gasteiger partial charge in [0.2, 0.25) is 0 Å². The maximum Gasteiger partial charge on any atom is 0.158 e. The number of benzene rings is 1. The largest absolute Gasteiger partial charge is 0.357 e. The Hall–Kier alpha value is -1.57. The predicted molar refractivity (Wildman–Crippen MR) is 67.7 cm³/mol. The lowest BCUT2D eigenvalue weighted by molar-refractivity contribution is 0.294. The van der Waals surface area contributed by atoms with E-state index in [0.29, 0.717) is 5.76 Å². The molecule has 0 fully saturated rings. The minimum Gasteiger partial charge on any atom is -0.357 e. The van der Waals surface area contributed by atoms with Gasteiger partial charge in [-0.25, -0.2) is 0 Å². The van der Waals surface area contributed by atoms with E-state index in [2.05, 4.69) is 39.4 Å². The summed E-state index contributed by atoms with van der Waals surface area (Å²) in [6, 6.07) is 0. The van der Waals surface area contributed by atoms with Crippen LogP contribution in [0.4, 0.5) is 0 Å². The van der Waals surface area contributed by atoms with Crippen molar-refractivity contribution in [1.29, 1.82) is 0 Å². The number of oxime groups is 1. The van der Waals surface area contributed by atoms with Gasteiger partial charge in [-0.15, -0.1) is 0 Å². The molecular weight excluding hydrogens is 198 g/mol. The van der Waals surface area contributed by atoms with Gasteiger partial charge < -0.3 is 4.84 Å². The van der Waals surface area contributed by atoms with Gasteiger partial charge in [0.05, 0.1) is 5.71 Å². The zero-order valence-corrected chi connectivity index (χ0v) is 10.6. The Morgan fingerprint density at radius 3 is 1.88 bits per heavy atom. The van der Waals surface area contributed by atoms with E-state index in [1.165, 1.54) is 27.8 Å². The summed E-state index contributed by atoms with van der Waals surface area (Å²) >= 11 is 0. The maximum atomic E-state index is 5.24. The Morgan fingerprint density at radius 2 is 1.31 bits per heavy atom. The van der Waals surface area contributed by atoms with Crippen LogP contribution in [0.1, 0.15) is 40.3 Å². The highest BCUT2D eigenvalue weighted by molar-refractivity contribution is 6.05. The molecule has 16 heavy (non-hydrogen) atoms. The van der Waals surface area contributed by atoms with Gasteiger partial charge in [-0.3, -0.25) is 0 Å². The molecule has 1 aromatic carbocycles. The second-order valence-electron chi connectivity index (χ2n) is 4.44. The topological polar surface area (TPSA) is 21.6 Å². The second-order valence-corrected chi connectivity index (χ2v) is 4.44. The monoisotopic (exact) mass is 215 g/mol. The Labute approximate surface area is 96.6 Å². The molecule has 0 N–H and O–H groups in total. The summed E-state index contributed by atoms with van der Waals surface area (Å²) in [5, 5.41) is 4.04. The third kappa shape index (κ3) is 1.29. The number of fused-ring (bicyclic) bond motifs is 1. The lowest BCUT2D eigenvalue weighted by Gasteiger charge is -2.23. The fourth-order valence-electron chi connectivity index (χ4n) is 2.33. The third-order valence-electron chi connectivity index (χ3n) is 3.62. The van der Waals surface area contributed by atoms with Crippen molar-refractivity contribution in [2.75, 3.05) is 0 Å². The SMILES string of the molecule is C=C1ON=C(C)c2c(C)c(C)c(C)c(C)c21. The van der Waals surface area contributed by atoms with E-state index in [4.69, 9.17) is 4.84 Å². The number of hydrogen-bond donors (Lipinski definition) is 0. The van der Waals surface area contributed by atoms with Crippen LogP contribution < -0.4 is 0 Å². The summed E-state index contributed by atoms with van der Waals surface area (Å²) < 4.78 is 0. The van der Waals surface area contributed by atoms with Crippen LogP contribution in [0.2, 0.25) is 0 Å². The molecule has 0 bridgehead atoms. The van der Waals surface area contributed by atoms with Crippen molar-refractivity contribution in [3.63, 3.8) is 0 Å². The quantitative estimate of drug-likeness (QED) is 0.647. The Bertz CT molecular complexity index is 524. The molecule has 2 nitrogen and oxygen atoms in total. The van der Waals surface area contributed by atoms with Crippen molar-refractivity contribution in [3.05, 3.63) is 40.0 Å². The summed E-state index contributed by atoms with van der Waals surface area (Å²) in [6.07, 6.45) is 0. The van der Waals surface area contributed by atoms with E-state index in [0.717, 1.165) is 11.3 Å². The van der Waals surface area contributed by atoms with Crippen LogP contribution >= 0.6 is 0 Å². The average Bonchev–Trinajstić information content (AvgIpc) is 2.26. The Kier molecular flexibility index (Phi) is 2.38. The van der Waals surface area contributed by atoms with E-state index in [1.807, 2.05) is 6.92 Å². The Morgan fingerprint density at radius 1 is 0.812 bits per heavy atom. The lowest BCUT2D eigenvalue weighted by Crippen LogP contribution is -2.14. The molecule has 0 aliphatic carbocycles. The van der Waals surface area contributed by atoms with Crippen LogP contribution in [0, 0.1) is 27.7 Å². The van der Waals surface area contributed by atoms with Crippen molar-refractivity contribution < 1.29 is 4.84 Å². The van der Waals surface area contributed by atoms with Crippen LogP contribution in [0.25, 0.3) is 5.76 Å². The molecule has 0 spiro atoms. The molecule has 0 saturated carbocycles. The molecule has 1 aromatic rings. The van der Waals surface area contributed by atoms with Crippen molar-refractivity contribution in [2.24, 2.45) is 5.16 Å². The molecule has 2 heteroatoms. The Balaban J connectivity index is 2.92. The fourth-order valence-corrected chi connectivity index (χ4v) is 2.33. The first kappa shape index (κ1) is 10.9. The van der Waals surface area contributed by atoms with Gasteiger partial charge in [0.25, 0.3) is 0 Å². The summed E-state index contributed by atoms with van der Waals surface area (Å²) in [7, 11) is 0.